The van der Waals surface area contributed by atoms with Crippen molar-refractivity contribution in [3.63, 3.8) is 0 Å². The van der Waals surface area contributed by atoms with Crippen molar-refractivity contribution in [3.05, 3.63) is 30.1 Å². The quantitative estimate of drug-likeness (QED) is 0.849. The van der Waals surface area contributed by atoms with Crippen molar-refractivity contribution < 1.29 is 14.0 Å². The van der Waals surface area contributed by atoms with Crippen LogP contribution in [-0.4, -0.2) is 78.9 Å². The average Bonchev–Trinajstić information content (AvgIpc) is 2.64. The van der Waals surface area contributed by atoms with Crippen molar-refractivity contribution in [1.82, 2.24) is 14.7 Å². The van der Waals surface area contributed by atoms with E-state index < -0.39 is 0 Å². The van der Waals surface area contributed by atoms with Gasteiger partial charge in [-0.1, -0.05) is 6.92 Å². The van der Waals surface area contributed by atoms with Gasteiger partial charge in [0.05, 0.1) is 13.1 Å². The molecule has 0 aromatic heterocycles. The number of hydrogen-bond acceptors (Lipinski definition) is 4. The molecule has 0 bridgehead atoms. The zero-order valence-electron chi connectivity index (χ0n) is 16.0. The molecule has 0 radical (unpaired) electrons. The van der Waals surface area contributed by atoms with Crippen LogP contribution < -0.4 is 5.32 Å². The van der Waals surface area contributed by atoms with Crippen LogP contribution in [-0.2, 0) is 9.59 Å². The maximum absolute atomic E-state index is 12.9. The van der Waals surface area contributed by atoms with Crippen LogP contribution in [0.1, 0.15) is 19.8 Å². The highest BCUT2D eigenvalue weighted by atomic mass is 19.1. The minimum absolute atomic E-state index is 0.122. The molecule has 0 aliphatic carbocycles. The molecule has 1 aromatic carbocycles. The summed E-state index contributed by atoms with van der Waals surface area (Å²) in [5.41, 5.74) is 0.589. The summed E-state index contributed by atoms with van der Waals surface area (Å²) in [5.74, 6) is 0.416. The monoisotopic (exact) mass is 376 g/mol. The lowest BCUT2D eigenvalue weighted by molar-refractivity contribution is -0.134. The lowest BCUT2D eigenvalue weighted by atomic mass is 10.0. The van der Waals surface area contributed by atoms with Gasteiger partial charge in [0.1, 0.15) is 5.82 Å². The van der Waals surface area contributed by atoms with Crippen LogP contribution >= 0.6 is 0 Å². The minimum atomic E-state index is -0.326. The van der Waals surface area contributed by atoms with E-state index in [4.69, 9.17) is 0 Å². The Hall–Kier alpha value is -1.99. The Morgan fingerprint density at radius 2 is 1.74 bits per heavy atom. The molecule has 7 heteroatoms. The number of carbonyl (C=O) groups excluding carboxylic acids is 2. The summed E-state index contributed by atoms with van der Waals surface area (Å²) < 4.78 is 12.9. The fourth-order valence-corrected chi connectivity index (χ4v) is 3.81. The number of nitrogens with zero attached hydrogens (tertiary/aromatic N) is 3. The number of benzene rings is 1. The van der Waals surface area contributed by atoms with Crippen LogP contribution in [0.3, 0.4) is 0 Å². The molecule has 0 spiro atoms. The number of carbonyl (C=O) groups is 2. The second-order valence-corrected chi connectivity index (χ2v) is 7.69. The van der Waals surface area contributed by atoms with Gasteiger partial charge in [-0.2, -0.15) is 0 Å². The van der Waals surface area contributed by atoms with E-state index in [1.54, 1.807) is 12.1 Å². The van der Waals surface area contributed by atoms with Crippen LogP contribution in [0.5, 0.6) is 0 Å². The lowest BCUT2D eigenvalue weighted by Crippen LogP contribution is -2.53. The van der Waals surface area contributed by atoms with Crippen molar-refractivity contribution in [2.75, 3.05) is 57.7 Å². The summed E-state index contributed by atoms with van der Waals surface area (Å²) in [7, 11) is 0. The number of piperazine rings is 1. The Balaban J connectivity index is 1.38. The normalized spacial score (nSPS) is 21.9. The highest BCUT2D eigenvalue weighted by molar-refractivity contribution is 5.92. The second-order valence-electron chi connectivity index (χ2n) is 7.69. The number of likely N-dealkylation sites (tertiary alicyclic amines) is 1. The zero-order chi connectivity index (χ0) is 19.2. The van der Waals surface area contributed by atoms with Crippen molar-refractivity contribution in [3.8, 4) is 0 Å². The van der Waals surface area contributed by atoms with Crippen molar-refractivity contribution in [2.24, 2.45) is 5.92 Å². The Labute approximate surface area is 160 Å². The number of anilines is 1. The molecule has 1 N–H and O–H groups in total. The van der Waals surface area contributed by atoms with Gasteiger partial charge >= 0.3 is 0 Å². The minimum Gasteiger partial charge on any atom is -0.339 e. The van der Waals surface area contributed by atoms with Crippen molar-refractivity contribution in [1.29, 1.82) is 0 Å². The SMILES string of the molecule is C[C@H]1CCCN(CC(=O)N2CCN(CC(=O)Nc3ccc(F)cc3)CC2)C1. The summed E-state index contributed by atoms with van der Waals surface area (Å²) in [6.45, 7) is 7.76. The molecule has 6 nitrogen and oxygen atoms in total. The van der Waals surface area contributed by atoms with Gasteiger partial charge in [-0.15, -0.1) is 0 Å². The second kappa shape index (κ2) is 9.28. The number of rotatable bonds is 5. The largest absolute Gasteiger partial charge is 0.339 e. The van der Waals surface area contributed by atoms with E-state index in [-0.39, 0.29) is 24.2 Å². The molecular weight excluding hydrogens is 347 g/mol. The van der Waals surface area contributed by atoms with Gasteiger partial charge < -0.3 is 10.2 Å². The van der Waals surface area contributed by atoms with Gasteiger partial charge in [-0.05, 0) is 49.6 Å². The van der Waals surface area contributed by atoms with Gasteiger partial charge in [0.25, 0.3) is 0 Å². The number of piperidine rings is 1. The first-order valence-corrected chi connectivity index (χ1v) is 9.77. The first-order chi connectivity index (χ1) is 13.0. The molecule has 1 aromatic rings. The Kier molecular flexibility index (Phi) is 6.79. The summed E-state index contributed by atoms with van der Waals surface area (Å²) in [5, 5.41) is 2.77. The van der Waals surface area contributed by atoms with E-state index in [0.29, 0.717) is 44.3 Å². The van der Waals surface area contributed by atoms with E-state index in [9.17, 15) is 14.0 Å². The molecule has 2 heterocycles. The highest BCUT2D eigenvalue weighted by Gasteiger charge is 2.25. The standard InChI is InChI=1S/C20H29FN4O2/c1-16-3-2-8-24(13-16)15-20(27)25-11-9-23(10-12-25)14-19(26)22-18-6-4-17(21)5-7-18/h4-7,16H,2-3,8-15H2,1H3,(H,22,26)/t16-/m0/s1. The Bertz CT molecular complexity index is 644. The summed E-state index contributed by atoms with van der Waals surface area (Å²) in [6, 6.07) is 5.74. The van der Waals surface area contributed by atoms with Crippen molar-refractivity contribution >= 4 is 17.5 Å². The molecule has 2 aliphatic heterocycles. The zero-order valence-corrected chi connectivity index (χ0v) is 16.0. The van der Waals surface area contributed by atoms with Gasteiger partial charge in [0, 0.05) is 38.4 Å². The van der Waals surface area contributed by atoms with E-state index >= 15 is 0 Å². The van der Waals surface area contributed by atoms with E-state index in [1.807, 2.05) is 9.80 Å². The fourth-order valence-electron chi connectivity index (χ4n) is 3.81. The number of nitrogens with one attached hydrogen (secondary N) is 1. The first-order valence-electron chi connectivity index (χ1n) is 9.77. The lowest BCUT2D eigenvalue weighted by Gasteiger charge is -2.36. The topological polar surface area (TPSA) is 55.9 Å². The third-order valence-corrected chi connectivity index (χ3v) is 5.32. The number of hydrogen-bond donors (Lipinski definition) is 1. The molecule has 1 atom stereocenters. The van der Waals surface area contributed by atoms with Crippen molar-refractivity contribution in [2.45, 2.75) is 19.8 Å². The average molecular weight is 376 g/mol. The van der Waals surface area contributed by atoms with Crippen LogP contribution in [0.4, 0.5) is 10.1 Å². The molecule has 2 aliphatic rings. The van der Waals surface area contributed by atoms with E-state index in [1.165, 1.54) is 25.0 Å². The number of halogens is 1. The molecule has 2 saturated heterocycles. The Morgan fingerprint density at radius 3 is 2.41 bits per heavy atom. The van der Waals surface area contributed by atoms with Gasteiger partial charge in [0.15, 0.2) is 0 Å². The predicted molar refractivity (Wildman–Crippen MR) is 103 cm³/mol. The molecule has 2 fully saturated rings. The molecule has 3 rings (SSSR count). The van der Waals surface area contributed by atoms with E-state index in [0.717, 1.165) is 13.1 Å². The van der Waals surface area contributed by atoms with Crippen LogP contribution in [0.15, 0.2) is 24.3 Å². The van der Waals surface area contributed by atoms with Crippen LogP contribution in [0.2, 0.25) is 0 Å². The molecule has 0 saturated carbocycles. The van der Waals surface area contributed by atoms with Crippen LogP contribution in [0.25, 0.3) is 0 Å². The van der Waals surface area contributed by atoms with Gasteiger partial charge in [-0.3, -0.25) is 19.4 Å². The fraction of sp³-hybridized carbons (Fsp3) is 0.600. The highest BCUT2D eigenvalue weighted by Crippen LogP contribution is 2.15. The maximum Gasteiger partial charge on any atom is 0.238 e. The summed E-state index contributed by atoms with van der Waals surface area (Å²) in [4.78, 5) is 30.9. The predicted octanol–water partition coefficient (Wildman–Crippen LogP) is 1.64. The molecule has 2 amide bonds. The van der Waals surface area contributed by atoms with Crippen LogP contribution in [0, 0.1) is 11.7 Å². The summed E-state index contributed by atoms with van der Waals surface area (Å²) >= 11 is 0. The third-order valence-electron chi connectivity index (χ3n) is 5.32. The molecular formula is C20H29FN4O2. The van der Waals surface area contributed by atoms with Gasteiger partial charge in [0.2, 0.25) is 11.8 Å². The molecule has 148 valence electrons. The first kappa shape index (κ1) is 19.8. The third kappa shape index (κ3) is 6.01. The molecule has 27 heavy (non-hydrogen) atoms. The Morgan fingerprint density at radius 1 is 1.04 bits per heavy atom. The smallest absolute Gasteiger partial charge is 0.238 e. The van der Waals surface area contributed by atoms with E-state index in [2.05, 4.69) is 17.1 Å². The summed E-state index contributed by atoms with van der Waals surface area (Å²) in [6.07, 6.45) is 2.43. The van der Waals surface area contributed by atoms with Gasteiger partial charge in [-0.25, -0.2) is 4.39 Å². The maximum atomic E-state index is 12.9. The number of amides is 2. The molecule has 0 unspecified atom stereocenters.